The summed E-state index contributed by atoms with van der Waals surface area (Å²) in [7, 11) is 0. The molecule has 112 valence electrons. The molecule has 1 N–H and O–H groups in total. The summed E-state index contributed by atoms with van der Waals surface area (Å²) in [6.45, 7) is 8.91. The average molecular weight is 360 g/mol. The number of halogens is 2. The van der Waals surface area contributed by atoms with E-state index in [1.165, 1.54) is 5.69 Å². The van der Waals surface area contributed by atoms with E-state index in [0.29, 0.717) is 6.04 Å². The fourth-order valence-electron chi connectivity index (χ4n) is 3.04. The predicted octanol–water partition coefficient (Wildman–Crippen LogP) is 4.85. The lowest BCUT2D eigenvalue weighted by Gasteiger charge is -2.48. The first kappa shape index (κ1) is 16.1. The van der Waals surface area contributed by atoms with Gasteiger partial charge in [0.25, 0.3) is 0 Å². The van der Waals surface area contributed by atoms with Crippen LogP contribution in [-0.2, 0) is 0 Å². The number of rotatable bonds is 4. The number of anilines is 1. The number of nitrogens with zero attached hydrogens (tertiary/aromatic N) is 1. The maximum Gasteiger partial charge on any atom is 0.0515 e. The van der Waals surface area contributed by atoms with Gasteiger partial charge < -0.3 is 10.2 Å². The lowest BCUT2D eigenvalue weighted by molar-refractivity contribution is 0.246. The number of nitrogens with one attached hydrogen (secondary N) is 1. The molecule has 0 amide bonds. The standard InChI is InChI=1S/C16H24BrClN2/c1-4-13-10-19-16(5-2,6-3)11-20(13)15-8-7-12(18)9-14(15)17/h7-9,13,19H,4-6,10-11H2,1-3H3. The first-order valence-electron chi connectivity index (χ1n) is 7.52. The molecule has 1 atom stereocenters. The summed E-state index contributed by atoms with van der Waals surface area (Å²) >= 11 is 9.75. The quantitative estimate of drug-likeness (QED) is 0.826. The van der Waals surface area contributed by atoms with Gasteiger partial charge in [-0.1, -0.05) is 32.4 Å². The SMILES string of the molecule is CCC1CNC(CC)(CC)CN1c1ccc(Cl)cc1Br. The van der Waals surface area contributed by atoms with Gasteiger partial charge in [0, 0.05) is 34.2 Å². The maximum absolute atomic E-state index is 6.08. The molecule has 0 spiro atoms. The van der Waals surface area contributed by atoms with Gasteiger partial charge in [0.15, 0.2) is 0 Å². The third-order valence-electron chi connectivity index (χ3n) is 4.67. The van der Waals surface area contributed by atoms with Crippen molar-refractivity contribution >= 4 is 33.2 Å². The highest BCUT2D eigenvalue weighted by molar-refractivity contribution is 9.10. The molecule has 0 saturated carbocycles. The summed E-state index contributed by atoms with van der Waals surface area (Å²) in [5.74, 6) is 0. The highest BCUT2D eigenvalue weighted by Crippen LogP contribution is 2.34. The molecule has 1 heterocycles. The molecule has 1 fully saturated rings. The van der Waals surface area contributed by atoms with Gasteiger partial charge in [-0.2, -0.15) is 0 Å². The van der Waals surface area contributed by atoms with E-state index in [4.69, 9.17) is 11.6 Å². The van der Waals surface area contributed by atoms with Crippen molar-refractivity contribution in [1.82, 2.24) is 5.32 Å². The summed E-state index contributed by atoms with van der Waals surface area (Å²) < 4.78 is 1.09. The van der Waals surface area contributed by atoms with E-state index in [1.54, 1.807) is 0 Å². The summed E-state index contributed by atoms with van der Waals surface area (Å²) in [6, 6.07) is 6.65. The lowest BCUT2D eigenvalue weighted by atomic mass is 9.87. The smallest absolute Gasteiger partial charge is 0.0515 e. The Bertz CT molecular complexity index is 460. The predicted molar refractivity (Wildman–Crippen MR) is 91.9 cm³/mol. The van der Waals surface area contributed by atoms with Crippen LogP contribution in [0.1, 0.15) is 40.0 Å². The molecule has 20 heavy (non-hydrogen) atoms. The van der Waals surface area contributed by atoms with Crippen molar-refractivity contribution in [2.75, 3.05) is 18.0 Å². The lowest BCUT2D eigenvalue weighted by Crippen LogP contribution is -2.64. The van der Waals surface area contributed by atoms with Crippen molar-refractivity contribution in [1.29, 1.82) is 0 Å². The molecule has 1 unspecified atom stereocenters. The van der Waals surface area contributed by atoms with Crippen molar-refractivity contribution in [3.63, 3.8) is 0 Å². The highest BCUT2D eigenvalue weighted by Gasteiger charge is 2.36. The van der Waals surface area contributed by atoms with Gasteiger partial charge >= 0.3 is 0 Å². The van der Waals surface area contributed by atoms with E-state index in [1.807, 2.05) is 12.1 Å². The zero-order valence-electron chi connectivity index (χ0n) is 12.5. The molecular formula is C16H24BrClN2. The van der Waals surface area contributed by atoms with Crippen LogP contribution in [0.3, 0.4) is 0 Å². The Morgan fingerprint density at radius 2 is 2.05 bits per heavy atom. The zero-order chi connectivity index (χ0) is 14.8. The molecule has 2 rings (SSSR count). The molecule has 0 bridgehead atoms. The highest BCUT2D eigenvalue weighted by atomic mass is 79.9. The third kappa shape index (κ3) is 3.15. The number of piperazine rings is 1. The van der Waals surface area contributed by atoms with E-state index < -0.39 is 0 Å². The van der Waals surface area contributed by atoms with Gasteiger partial charge in [0.1, 0.15) is 0 Å². The third-order valence-corrected chi connectivity index (χ3v) is 5.54. The molecule has 0 aliphatic carbocycles. The van der Waals surface area contributed by atoms with E-state index in [2.05, 4.69) is 53.0 Å². The van der Waals surface area contributed by atoms with Gasteiger partial charge in [-0.25, -0.2) is 0 Å². The van der Waals surface area contributed by atoms with Gasteiger partial charge in [-0.3, -0.25) is 0 Å². The minimum Gasteiger partial charge on any atom is -0.365 e. The van der Waals surface area contributed by atoms with Crippen molar-refractivity contribution in [3.05, 3.63) is 27.7 Å². The summed E-state index contributed by atoms with van der Waals surface area (Å²) in [5.41, 5.74) is 1.49. The number of hydrogen-bond acceptors (Lipinski definition) is 2. The number of hydrogen-bond donors (Lipinski definition) is 1. The maximum atomic E-state index is 6.08. The average Bonchev–Trinajstić information content (AvgIpc) is 2.46. The van der Waals surface area contributed by atoms with E-state index in [9.17, 15) is 0 Å². The first-order valence-corrected chi connectivity index (χ1v) is 8.69. The van der Waals surface area contributed by atoms with Crippen LogP contribution < -0.4 is 10.2 Å². The molecule has 1 aromatic carbocycles. The fraction of sp³-hybridized carbons (Fsp3) is 0.625. The van der Waals surface area contributed by atoms with Crippen LogP contribution in [0.4, 0.5) is 5.69 Å². The second-order valence-electron chi connectivity index (χ2n) is 5.65. The first-order chi connectivity index (χ1) is 9.55. The van der Waals surface area contributed by atoms with Crippen LogP contribution in [0.2, 0.25) is 5.02 Å². The van der Waals surface area contributed by atoms with E-state index >= 15 is 0 Å². The van der Waals surface area contributed by atoms with Crippen molar-refractivity contribution in [3.8, 4) is 0 Å². The van der Waals surface area contributed by atoms with Gasteiger partial charge in [-0.15, -0.1) is 0 Å². The van der Waals surface area contributed by atoms with E-state index in [0.717, 1.165) is 41.8 Å². The van der Waals surface area contributed by atoms with Crippen LogP contribution in [-0.4, -0.2) is 24.7 Å². The largest absolute Gasteiger partial charge is 0.365 e. The van der Waals surface area contributed by atoms with Crippen molar-refractivity contribution < 1.29 is 0 Å². The second-order valence-corrected chi connectivity index (χ2v) is 6.94. The Labute approximate surface area is 136 Å². The summed E-state index contributed by atoms with van der Waals surface area (Å²) in [5, 5.41) is 4.56. The molecule has 1 saturated heterocycles. The normalized spacial score (nSPS) is 22.1. The van der Waals surface area contributed by atoms with Crippen LogP contribution in [0.25, 0.3) is 0 Å². The summed E-state index contributed by atoms with van der Waals surface area (Å²) in [6.07, 6.45) is 3.45. The Morgan fingerprint density at radius 1 is 1.35 bits per heavy atom. The molecule has 1 aliphatic rings. The van der Waals surface area contributed by atoms with Gasteiger partial charge in [0.2, 0.25) is 0 Å². The molecule has 1 aromatic rings. The molecular weight excluding hydrogens is 336 g/mol. The van der Waals surface area contributed by atoms with E-state index in [-0.39, 0.29) is 5.54 Å². The van der Waals surface area contributed by atoms with Crippen LogP contribution in [0.15, 0.2) is 22.7 Å². The fourth-order valence-corrected chi connectivity index (χ4v) is 3.95. The molecule has 2 nitrogen and oxygen atoms in total. The Morgan fingerprint density at radius 3 is 2.60 bits per heavy atom. The molecule has 0 radical (unpaired) electrons. The van der Waals surface area contributed by atoms with Crippen LogP contribution in [0.5, 0.6) is 0 Å². The molecule has 0 aromatic heterocycles. The second kappa shape index (κ2) is 6.67. The Kier molecular flexibility index (Phi) is 5.38. The van der Waals surface area contributed by atoms with Crippen molar-refractivity contribution in [2.24, 2.45) is 0 Å². The van der Waals surface area contributed by atoms with Crippen LogP contribution >= 0.6 is 27.5 Å². The zero-order valence-corrected chi connectivity index (χ0v) is 14.9. The summed E-state index contributed by atoms with van der Waals surface area (Å²) in [4.78, 5) is 2.55. The minimum atomic E-state index is 0.227. The van der Waals surface area contributed by atoms with Gasteiger partial charge in [0.05, 0.1) is 5.69 Å². The Balaban J connectivity index is 2.33. The Hall–Kier alpha value is -0.250. The topological polar surface area (TPSA) is 15.3 Å². The molecule has 4 heteroatoms. The van der Waals surface area contributed by atoms with Crippen molar-refractivity contribution in [2.45, 2.75) is 51.6 Å². The van der Waals surface area contributed by atoms with Crippen LogP contribution in [0, 0.1) is 0 Å². The minimum absolute atomic E-state index is 0.227. The van der Waals surface area contributed by atoms with Gasteiger partial charge in [-0.05, 0) is 53.4 Å². The molecule has 1 aliphatic heterocycles. The number of benzene rings is 1. The monoisotopic (exact) mass is 358 g/mol.